The van der Waals surface area contributed by atoms with Gasteiger partial charge in [0, 0.05) is 6.42 Å². The molecule has 0 aliphatic carbocycles. The molecule has 0 radical (unpaired) electrons. The van der Waals surface area contributed by atoms with Gasteiger partial charge in [-0.2, -0.15) is 0 Å². The quantitative estimate of drug-likeness (QED) is 0.893. The Hall–Kier alpha value is -1.35. The zero-order valence-corrected chi connectivity index (χ0v) is 11.8. The highest BCUT2D eigenvalue weighted by atomic mass is 16.5. The molecule has 1 N–H and O–H groups in total. The molecule has 0 aliphatic heterocycles. The molecule has 1 unspecified atom stereocenters. The molecule has 1 rings (SSSR count). The number of carbonyl (C=O) groups is 1. The summed E-state index contributed by atoms with van der Waals surface area (Å²) >= 11 is 0. The van der Waals surface area contributed by atoms with E-state index in [0.717, 1.165) is 11.3 Å². The van der Waals surface area contributed by atoms with Gasteiger partial charge in [-0.3, -0.25) is 4.79 Å². The monoisotopic (exact) mass is 250 g/mol. The molecular weight excluding hydrogens is 228 g/mol. The van der Waals surface area contributed by atoms with Gasteiger partial charge in [-0.05, 0) is 28.7 Å². The van der Waals surface area contributed by atoms with Crippen LogP contribution in [0.15, 0.2) is 18.2 Å². The number of hydrogen-bond acceptors (Lipinski definition) is 3. The lowest BCUT2D eigenvalue weighted by molar-refractivity contribution is -0.127. The number of aliphatic hydroxyl groups excluding tert-OH is 1. The maximum Gasteiger partial charge on any atom is 0.165 e. The second kappa shape index (κ2) is 5.53. The summed E-state index contributed by atoms with van der Waals surface area (Å²) < 4.78 is 5.33. The zero-order valence-electron chi connectivity index (χ0n) is 11.8. The molecule has 1 aromatic carbocycles. The molecule has 1 aromatic rings. The molecular formula is C15H22O3. The number of benzene rings is 1. The van der Waals surface area contributed by atoms with Crippen molar-refractivity contribution in [3.8, 4) is 5.75 Å². The van der Waals surface area contributed by atoms with E-state index < -0.39 is 6.10 Å². The second-order valence-corrected chi connectivity index (χ2v) is 5.43. The number of methoxy groups -OCH3 is 1. The summed E-state index contributed by atoms with van der Waals surface area (Å²) in [5.74, 6) is 0.613. The minimum Gasteiger partial charge on any atom is -0.496 e. The van der Waals surface area contributed by atoms with Crippen molar-refractivity contribution in [2.24, 2.45) is 0 Å². The molecule has 0 bridgehead atoms. The van der Waals surface area contributed by atoms with Crippen molar-refractivity contribution >= 4 is 5.78 Å². The van der Waals surface area contributed by atoms with Crippen molar-refractivity contribution in [2.75, 3.05) is 7.11 Å². The lowest BCUT2D eigenvalue weighted by Crippen LogP contribution is -2.16. The van der Waals surface area contributed by atoms with E-state index in [1.54, 1.807) is 20.1 Å². The average molecular weight is 250 g/mol. The van der Waals surface area contributed by atoms with Crippen LogP contribution in [0.2, 0.25) is 0 Å². The van der Waals surface area contributed by atoms with Gasteiger partial charge in [-0.25, -0.2) is 0 Å². The molecule has 3 nitrogen and oxygen atoms in total. The van der Waals surface area contributed by atoms with Crippen molar-refractivity contribution < 1.29 is 14.6 Å². The normalized spacial score (nSPS) is 13.2. The molecule has 0 amide bonds. The first-order valence-corrected chi connectivity index (χ1v) is 6.20. The Morgan fingerprint density at radius 1 is 1.39 bits per heavy atom. The van der Waals surface area contributed by atoms with Gasteiger partial charge in [0.2, 0.25) is 0 Å². The van der Waals surface area contributed by atoms with Gasteiger partial charge in [-0.1, -0.05) is 33.8 Å². The fourth-order valence-corrected chi connectivity index (χ4v) is 1.86. The Morgan fingerprint density at radius 2 is 2.00 bits per heavy atom. The average Bonchev–Trinajstić information content (AvgIpc) is 2.35. The molecule has 0 heterocycles. The molecule has 0 aromatic heterocycles. The standard InChI is InChI=1S/C15H22O3/c1-6-12(16)14(17)10-7-8-13(18-5)11(9-10)15(2,3)4/h7-9,14,17H,6H2,1-5H3. The summed E-state index contributed by atoms with van der Waals surface area (Å²) in [6.07, 6.45) is -0.708. The zero-order chi connectivity index (χ0) is 13.9. The summed E-state index contributed by atoms with van der Waals surface area (Å²) in [4.78, 5) is 11.5. The topological polar surface area (TPSA) is 46.5 Å². The fourth-order valence-electron chi connectivity index (χ4n) is 1.86. The number of ether oxygens (including phenoxy) is 1. The first-order chi connectivity index (χ1) is 8.31. The predicted octanol–water partition coefficient (Wildman–Crippen LogP) is 3.01. The van der Waals surface area contributed by atoms with Crippen LogP contribution in [-0.4, -0.2) is 18.0 Å². The molecule has 0 saturated carbocycles. The third-order valence-corrected chi connectivity index (χ3v) is 3.00. The van der Waals surface area contributed by atoms with Crippen molar-refractivity contribution in [3.63, 3.8) is 0 Å². The lowest BCUT2D eigenvalue weighted by atomic mass is 9.84. The van der Waals surface area contributed by atoms with Crippen LogP contribution in [0.4, 0.5) is 0 Å². The van der Waals surface area contributed by atoms with Crippen molar-refractivity contribution in [2.45, 2.75) is 45.6 Å². The summed E-state index contributed by atoms with van der Waals surface area (Å²) in [6.45, 7) is 7.97. The first-order valence-electron chi connectivity index (χ1n) is 6.20. The molecule has 0 saturated heterocycles. The first kappa shape index (κ1) is 14.7. The van der Waals surface area contributed by atoms with Gasteiger partial charge in [0.25, 0.3) is 0 Å². The number of Topliss-reactive ketones (excluding diaryl/α,β-unsaturated/α-hetero) is 1. The summed E-state index contributed by atoms with van der Waals surface area (Å²) in [7, 11) is 1.62. The van der Waals surface area contributed by atoms with Crippen LogP contribution in [-0.2, 0) is 10.2 Å². The van der Waals surface area contributed by atoms with Crippen LogP contribution in [0.1, 0.15) is 51.3 Å². The Kier molecular flexibility index (Phi) is 4.52. The highest BCUT2D eigenvalue weighted by molar-refractivity contribution is 5.83. The third kappa shape index (κ3) is 3.10. The van der Waals surface area contributed by atoms with E-state index in [2.05, 4.69) is 20.8 Å². The van der Waals surface area contributed by atoms with Gasteiger partial charge >= 0.3 is 0 Å². The van der Waals surface area contributed by atoms with E-state index in [0.29, 0.717) is 12.0 Å². The number of aliphatic hydroxyl groups is 1. The highest BCUT2D eigenvalue weighted by Crippen LogP contribution is 2.33. The maximum atomic E-state index is 11.5. The van der Waals surface area contributed by atoms with E-state index in [4.69, 9.17) is 4.74 Å². The lowest BCUT2D eigenvalue weighted by Gasteiger charge is -2.23. The van der Waals surface area contributed by atoms with Crippen molar-refractivity contribution in [1.82, 2.24) is 0 Å². The van der Waals surface area contributed by atoms with E-state index in [1.807, 2.05) is 12.1 Å². The summed E-state index contributed by atoms with van der Waals surface area (Å²) in [5, 5.41) is 9.95. The third-order valence-electron chi connectivity index (χ3n) is 3.00. The Morgan fingerprint density at radius 3 is 2.44 bits per heavy atom. The number of ketones is 1. The number of carbonyl (C=O) groups excluding carboxylic acids is 1. The van der Waals surface area contributed by atoms with Crippen molar-refractivity contribution in [1.29, 1.82) is 0 Å². The predicted molar refractivity (Wildman–Crippen MR) is 72.0 cm³/mol. The van der Waals surface area contributed by atoms with Crippen molar-refractivity contribution in [3.05, 3.63) is 29.3 Å². The largest absolute Gasteiger partial charge is 0.496 e. The van der Waals surface area contributed by atoms with Crippen LogP contribution >= 0.6 is 0 Å². The van der Waals surface area contributed by atoms with E-state index in [-0.39, 0.29) is 11.2 Å². The Labute approximate surface area is 109 Å². The SMILES string of the molecule is CCC(=O)C(O)c1ccc(OC)c(C(C)(C)C)c1. The fraction of sp³-hybridized carbons (Fsp3) is 0.533. The highest BCUT2D eigenvalue weighted by Gasteiger charge is 2.22. The van der Waals surface area contributed by atoms with Gasteiger partial charge in [-0.15, -0.1) is 0 Å². The van der Waals surface area contributed by atoms with E-state index in [9.17, 15) is 9.90 Å². The van der Waals surface area contributed by atoms with Crippen LogP contribution in [0.5, 0.6) is 5.75 Å². The molecule has 1 atom stereocenters. The van der Waals surface area contributed by atoms with Gasteiger partial charge in [0.05, 0.1) is 7.11 Å². The van der Waals surface area contributed by atoms with E-state index in [1.165, 1.54) is 0 Å². The molecule has 100 valence electrons. The van der Waals surface area contributed by atoms with Crippen LogP contribution < -0.4 is 4.74 Å². The van der Waals surface area contributed by atoms with Crippen LogP contribution in [0, 0.1) is 0 Å². The summed E-state index contributed by atoms with van der Waals surface area (Å²) in [6, 6.07) is 5.41. The molecule has 0 fully saturated rings. The molecule has 0 spiro atoms. The van der Waals surface area contributed by atoms with E-state index >= 15 is 0 Å². The number of rotatable bonds is 4. The van der Waals surface area contributed by atoms with Gasteiger partial charge in [0.15, 0.2) is 5.78 Å². The van der Waals surface area contributed by atoms with Crippen LogP contribution in [0.25, 0.3) is 0 Å². The molecule has 0 aliphatic rings. The second-order valence-electron chi connectivity index (χ2n) is 5.43. The minimum absolute atomic E-state index is 0.101. The molecule has 18 heavy (non-hydrogen) atoms. The minimum atomic E-state index is -1.04. The van der Waals surface area contributed by atoms with Gasteiger partial charge in [0.1, 0.15) is 11.9 Å². The van der Waals surface area contributed by atoms with Gasteiger partial charge < -0.3 is 9.84 Å². The summed E-state index contributed by atoms with van der Waals surface area (Å²) in [5.41, 5.74) is 1.52. The van der Waals surface area contributed by atoms with Crippen LogP contribution in [0.3, 0.4) is 0 Å². The Balaban J connectivity index is 3.23. The number of hydrogen-bond donors (Lipinski definition) is 1. The Bertz CT molecular complexity index is 430. The smallest absolute Gasteiger partial charge is 0.165 e. The maximum absolute atomic E-state index is 11.5. The molecule has 3 heteroatoms.